The molecule has 61 heavy (non-hydrogen) atoms. The van der Waals surface area contributed by atoms with Crippen molar-refractivity contribution in [3.05, 3.63) is 97.2 Å². The summed E-state index contributed by atoms with van der Waals surface area (Å²) in [5, 5.41) is 9.58. The number of aliphatic hydroxyl groups is 1. The Morgan fingerprint density at radius 3 is 1.52 bits per heavy atom. The molecule has 0 amide bonds. The summed E-state index contributed by atoms with van der Waals surface area (Å²) in [6, 6.07) is 0. The van der Waals surface area contributed by atoms with Gasteiger partial charge < -0.3 is 24.0 Å². The predicted octanol–water partition coefficient (Wildman–Crippen LogP) is 12.3. The minimum atomic E-state index is -4.41. The van der Waals surface area contributed by atoms with Gasteiger partial charge in [-0.05, 0) is 103 Å². The first-order chi connectivity index (χ1) is 29.4. The van der Waals surface area contributed by atoms with Crippen LogP contribution >= 0.6 is 7.82 Å². The Labute approximate surface area is 371 Å². The molecular weight excluding hydrogens is 790 g/mol. The molecule has 348 valence electrons. The largest absolute Gasteiger partial charge is 0.472 e. The van der Waals surface area contributed by atoms with E-state index in [1.54, 1.807) is 0 Å². The van der Waals surface area contributed by atoms with Gasteiger partial charge in [-0.15, -0.1) is 0 Å². The monoisotopic (exact) mass is 875 g/mol. The molecule has 1 unspecified atom stereocenters. The molecule has 0 aliphatic heterocycles. The molecule has 0 aliphatic rings. The van der Waals surface area contributed by atoms with Crippen LogP contribution in [0.15, 0.2) is 97.2 Å². The fraction of sp³-hybridized carbons (Fsp3) is 0.640. The van der Waals surface area contributed by atoms with Crippen LogP contribution in [0.2, 0.25) is 0 Å². The van der Waals surface area contributed by atoms with Crippen molar-refractivity contribution < 1.29 is 47.2 Å². The van der Waals surface area contributed by atoms with E-state index >= 15 is 0 Å². The van der Waals surface area contributed by atoms with Crippen molar-refractivity contribution >= 4 is 19.8 Å². The van der Waals surface area contributed by atoms with Crippen LogP contribution in [0.25, 0.3) is 0 Å². The van der Waals surface area contributed by atoms with Crippen LogP contribution in [-0.4, -0.2) is 86.1 Å². The molecule has 0 radical (unpaired) electrons. The Morgan fingerprint density at radius 2 is 1.03 bits per heavy atom. The smallest absolute Gasteiger partial charge is 0.462 e. The van der Waals surface area contributed by atoms with E-state index < -0.39 is 32.5 Å². The lowest BCUT2D eigenvalue weighted by molar-refractivity contribution is -0.870. The first kappa shape index (κ1) is 57.9. The van der Waals surface area contributed by atoms with Gasteiger partial charge in [-0.1, -0.05) is 130 Å². The van der Waals surface area contributed by atoms with Gasteiger partial charge in [0.05, 0.1) is 33.9 Å². The zero-order valence-electron chi connectivity index (χ0n) is 38.7. The second-order valence-corrected chi connectivity index (χ2v) is 17.7. The van der Waals surface area contributed by atoms with Gasteiger partial charge in [-0.3, -0.25) is 18.6 Å². The highest BCUT2D eigenvalue weighted by Gasteiger charge is 2.27. The Hall–Kier alpha value is -3.11. The number of rotatable bonds is 40. The van der Waals surface area contributed by atoms with Crippen LogP contribution < -0.4 is 0 Å². The maximum atomic E-state index is 12.7. The number of carbonyl (C=O) groups is 2. The second-order valence-electron chi connectivity index (χ2n) is 16.2. The average Bonchev–Trinajstić information content (AvgIpc) is 3.21. The van der Waals surface area contributed by atoms with Crippen molar-refractivity contribution in [3.63, 3.8) is 0 Å². The Morgan fingerprint density at radius 1 is 0.574 bits per heavy atom. The number of ether oxygens (including phenoxy) is 2. The van der Waals surface area contributed by atoms with Crippen molar-refractivity contribution in [2.24, 2.45) is 0 Å². The minimum absolute atomic E-state index is 0.00414. The SMILES string of the molecule is CCCCC/C=C\C/C=C\C/C=C\C/C=C\CCCCCC(=O)OC[C@H](COP(=O)(O)OCC[N+](C)(C)C)OC(=O)CCC/C=C\C/C=C\C/C=C\C/C=C\CC[C@H](O)CC. The van der Waals surface area contributed by atoms with Gasteiger partial charge in [0.25, 0.3) is 0 Å². The van der Waals surface area contributed by atoms with E-state index in [0.717, 1.165) is 77.0 Å². The molecule has 0 bridgehead atoms. The lowest BCUT2D eigenvalue weighted by Crippen LogP contribution is -2.37. The fourth-order valence-electron chi connectivity index (χ4n) is 5.44. The standard InChI is InChI=1S/C50H84NO9P/c1-6-8-9-10-11-12-13-14-15-16-17-18-19-23-26-29-32-35-38-41-49(53)57-45-48(46-59-61(55,56)58-44-43-51(3,4)5)60-50(54)42-39-36-33-30-27-24-21-20-22-25-28-31-34-37-40-47(52)7-2/h11-12,14-15,17-18,21-26,30-31,33-34,47-48,52H,6-10,13,16,19-20,27-29,32,35-46H2,1-5H3/p+1/b12-11-,15-14-,18-17-,24-21-,25-22-,26-23-,33-30-,34-31-/t47-,48-/m1/s1. The zero-order valence-corrected chi connectivity index (χ0v) is 39.6. The molecule has 0 heterocycles. The van der Waals surface area contributed by atoms with Gasteiger partial charge >= 0.3 is 19.8 Å². The first-order valence-corrected chi connectivity index (χ1v) is 24.5. The molecule has 2 N–H and O–H groups in total. The summed E-state index contributed by atoms with van der Waals surface area (Å²) in [5.74, 6) is -0.929. The normalized spacial score (nSPS) is 14.9. The fourth-order valence-corrected chi connectivity index (χ4v) is 6.18. The zero-order chi connectivity index (χ0) is 45.1. The van der Waals surface area contributed by atoms with E-state index in [4.69, 9.17) is 18.5 Å². The van der Waals surface area contributed by atoms with E-state index in [9.17, 15) is 24.2 Å². The van der Waals surface area contributed by atoms with E-state index in [1.165, 1.54) is 25.7 Å². The molecule has 0 rings (SSSR count). The third-order valence-corrected chi connectivity index (χ3v) is 10.2. The maximum Gasteiger partial charge on any atom is 0.472 e. The molecule has 10 nitrogen and oxygen atoms in total. The number of nitrogens with zero attached hydrogens (tertiary/aromatic N) is 1. The molecular formula is C50H85NO9P+. The second kappa shape index (κ2) is 40.9. The molecule has 0 saturated heterocycles. The molecule has 0 spiro atoms. The highest BCUT2D eigenvalue weighted by Crippen LogP contribution is 2.43. The third-order valence-electron chi connectivity index (χ3n) is 9.25. The molecule has 11 heteroatoms. The summed E-state index contributed by atoms with van der Waals surface area (Å²) in [6.07, 6.45) is 51.2. The average molecular weight is 875 g/mol. The van der Waals surface area contributed by atoms with Gasteiger partial charge in [0.15, 0.2) is 6.10 Å². The number of quaternary nitrogens is 1. The number of phosphoric ester groups is 1. The number of hydrogen-bond acceptors (Lipinski definition) is 8. The van der Waals surface area contributed by atoms with Crippen molar-refractivity contribution in [3.8, 4) is 0 Å². The Balaban J connectivity index is 4.52. The van der Waals surface area contributed by atoms with Gasteiger partial charge in [0, 0.05) is 12.8 Å². The van der Waals surface area contributed by atoms with Crippen molar-refractivity contribution in [1.82, 2.24) is 0 Å². The van der Waals surface area contributed by atoms with E-state index in [1.807, 2.05) is 34.1 Å². The molecule has 0 aromatic heterocycles. The third kappa shape index (κ3) is 44.7. The number of hydrogen-bond donors (Lipinski definition) is 2. The lowest BCUT2D eigenvalue weighted by Gasteiger charge is -2.24. The predicted molar refractivity (Wildman–Crippen MR) is 253 cm³/mol. The minimum Gasteiger partial charge on any atom is -0.462 e. The lowest BCUT2D eigenvalue weighted by atomic mass is 10.1. The molecule has 0 aromatic rings. The van der Waals surface area contributed by atoms with Gasteiger partial charge in [-0.2, -0.15) is 0 Å². The number of unbranched alkanes of at least 4 members (excludes halogenated alkanes) is 7. The highest BCUT2D eigenvalue weighted by atomic mass is 31.2. The van der Waals surface area contributed by atoms with Crippen molar-refractivity contribution in [1.29, 1.82) is 0 Å². The van der Waals surface area contributed by atoms with Crippen LogP contribution in [0.5, 0.6) is 0 Å². The molecule has 3 atom stereocenters. The maximum absolute atomic E-state index is 12.7. The summed E-state index contributed by atoms with van der Waals surface area (Å²) in [7, 11) is 1.38. The number of aliphatic hydroxyl groups excluding tert-OH is 1. The number of phosphoric acid groups is 1. The number of allylic oxidation sites excluding steroid dienone is 16. The topological polar surface area (TPSA) is 129 Å². The van der Waals surface area contributed by atoms with Gasteiger partial charge in [0.1, 0.15) is 19.8 Å². The Bertz CT molecular complexity index is 1370. The number of carbonyl (C=O) groups excluding carboxylic acids is 2. The summed E-state index contributed by atoms with van der Waals surface area (Å²) >= 11 is 0. The summed E-state index contributed by atoms with van der Waals surface area (Å²) in [5.41, 5.74) is 0. The van der Waals surface area contributed by atoms with Crippen LogP contribution in [0.3, 0.4) is 0 Å². The Kier molecular flexibility index (Phi) is 38.8. The molecule has 0 saturated carbocycles. The van der Waals surface area contributed by atoms with Crippen LogP contribution in [0.1, 0.15) is 149 Å². The summed E-state index contributed by atoms with van der Waals surface area (Å²) in [4.78, 5) is 35.4. The highest BCUT2D eigenvalue weighted by molar-refractivity contribution is 7.47. The molecule has 0 aliphatic carbocycles. The quantitative estimate of drug-likeness (QED) is 0.0203. The van der Waals surface area contributed by atoms with Crippen molar-refractivity contribution in [2.75, 3.05) is 47.5 Å². The van der Waals surface area contributed by atoms with E-state index in [2.05, 4.69) is 98.1 Å². The van der Waals surface area contributed by atoms with E-state index in [0.29, 0.717) is 30.3 Å². The van der Waals surface area contributed by atoms with Crippen molar-refractivity contribution in [2.45, 2.75) is 161 Å². The summed E-state index contributed by atoms with van der Waals surface area (Å²) < 4.78 is 34.2. The summed E-state index contributed by atoms with van der Waals surface area (Å²) in [6.45, 7) is 3.97. The molecule has 0 aromatic carbocycles. The van der Waals surface area contributed by atoms with Gasteiger partial charge in [0.2, 0.25) is 0 Å². The van der Waals surface area contributed by atoms with Crippen LogP contribution in [0.4, 0.5) is 0 Å². The molecule has 0 fully saturated rings. The van der Waals surface area contributed by atoms with E-state index in [-0.39, 0.29) is 32.2 Å². The van der Waals surface area contributed by atoms with Crippen LogP contribution in [0, 0.1) is 0 Å². The van der Waals surface area contributed by atoms with Gasteiger partial charge in [-0.25, -0.2) is 4.57 Å². The first-order valence-electron chi connectivity index (χ1n) is 23.0. The number of likely N-dealkylation sites (N-methyl/N-ethyl adjacent to an activating group) is 1. The van der Waals surface area contributed by atoms with Crippen LogP contribution in [-0.2, 0) is 32.7 Å². The number of esters is 2.